The molecule has 2 unspecified atom stereocenters. The molecule has 0 spiro atoms. The van der Waals surface area contributed by atoms with E-state index in [0.717, 1.165) is 43.6 Å². The van der Waals surface area contributed by atoms with E-state index >= 15 is 0 Å². The normalized spacial score (nSPS) is 29.1. The summed E-state index contributed by atoms with van der Waals surface area (Å²) >= 11 is 0. The first kappa shape index (κ1) is 16.0. The third-order valence-electron chi connectivity index (χ3n) is 6.12. The van der Waals surface area contributed by atoms with Crippen LogP contribution in [0.2, 0.25) is 0 Å². The highest BCUT2D eigenvalue weighted by Gasteiger charge is 2.47. The minimum atomic E-state index is -0.850. The van der Waals surface area contributed by atoms with Gasteiger partial charge < -0.3 is 5.11 Å². The van der Waals surface area contributed by atoms with Gasteiger partial charge in [0.15, 0.2) is 5.65 Å². The molecule has 4 heterocycles. The second kappa shape index (κ2) is 6.18. The lowest BCUT2D eigenvalue weighted by atomic mass is 9.74. The molecule has 2 aliphatic heterocycles. The quantitative estimate of drug-likeness (QED) is 0.790. The van der Waals surface area contributed by atoms with E-state index in [2.05, 4.69) is 45.3 Å². The molecule has 0 aliphatic carbocycles. The Balaban J connectivity index is 1.46. The molecule has 5 heteroatoms. The lowest BCUT2D eigenvalue weighted by Gasteiger charge is -2.52. The lowest BCUT2D eigenvalue weighted by Crippen LogP contribution is -2.56. The number of rotatable bonds is 3. The topological polar surface area (TPSA) is 53.7 Å². The van der Waals surface area contributed by atoms with Crippen molar-refractivity contribution in [2.45, 2.75) is 56.3 Å². The zero-order valence-corrected chi connectivity index (χ0v) is 14.8. The van der Waals surface area contributed by atoms with Crippen molar-refractivity contribution in [3.05, 3.63) is 66.1 Å². The van der Waals surface area contributed by atoms with Gasteiger partial charge in [-0.2, -0.15) is 5.10 Å². The largest absolute Gasteiger partial charge is 0.383 e. The smallest absolute Gasteiger partial charge is 0.153 e. The number of hydrogen-bond donors (Lipinski definition) is 1. The molecule has 0 saturated carbocycles. The van der Waals surface area contributed by atoms with Crippen molar-refractivity contribution in [3.63, 3.8) is 0 Å². The summed E-state index contributed by atoms with van der Waals surface area (Å²) in [5.41, 5.74) is 2.14. The number of hydrogen-bond acceptors (Lipinski definition) is 4. The zero-order valence-electron chi connectivity index (χ0n) is 14.8. The van der Waals surface area contributed by atoms with Crippen LogP contribution in [0.25, 0.3) is 5.65 Å². The van der Waals surface area contributed by atoms with Gasteiger partial charge in [-0.3, -0.25) is 4.90 Å². The fourth-order valence-electron chi connectivity index (χ4n) is 4.93. The van der Waals surface area contributed by atoms with Crippen molar-refractivity contribution in [3.8, 4) is 0 Å². The summed E-state index contributed by atoms with van der Waals surface area (Å²) in [6.45, 7) is 0.970. The SMILES string of the molecule is OC1(c2cnc3cccnn23)CC2CCCC(C1)N2Cc1ccccc1. The van der Waals surface area contributed by atoms with Crippen molar-refractivity contribution in [2.24, 2.45) is 0 Å². The third-order valence-corrected chi connectivity index (χ3v) is 6.12. The highest BCUT2D eigenvalue weighted by Crippen LogP contribution is 2.44. The molecule has 2 fully saturated rings. The van der Waals surface area contributed by atoms with E-state index < -0.39 is 5.60 Å². The molecule has 1 aromatic carbocycles. The first-order valence-electron chi connectivity index (χ1n) is 9.54. The number of benzene rings is 1. The summed E-state index contributed by atoms with van der Waals surface area (Å²) in [5.74, 6) is 0. The second-order valence-electron chi connectivity index (χ2n) is 7.77. The Morgan fingerprint density at radius 3 is 2.58 bits per heavy atom. The van der Waals surface area contributed by atoms with Crippen molar-refractivity contribution in [1.29, 1.82) is 0 Å². The van der Waals surface area contributed by atoms with Gasteiger partial charge in [-0.25, -0.2) is 9.50 Å². The van der Waals surface area contributed by atoms with Crippen LogP contribution in [0.4, 0.5) is 0 Å². The predicted molar refractivity (Wildman–Crippen MR) is 99.5 cm³/mol. The number of aliphatic hydroxyl groups is 1. The maximum atomic E-state index is 11.6. The van der Waals surface area contributed by atoms with Crippen molar-refractivity contribution in [2.75, 3.05) is 0 Å². The van der Waals surface area contributed by atoms with Crippen LogP contribution < -0.4 is 0 Å². The summed E-state index contributed by atoms with van der Waals surface area (Å²) in [7, 11) is 0. The zero-order chi connectivity index (χ0) is 17.6. The first-order valence-corrected chi connectivity index (χ1v) is 9.54. The van der Waals surface area contributed by atoms with Gasteiger partial charge in [0.1, 0.15) is 5.60 Å². The van der Waals surface area contributed by atoms with Crippen LogP contribution in [0.15, 0.2) is 54.9 Å². The molecule has 26 heavy (non-hydrogen) atoms. The Morgan fingerprint density at radius 1 is 1.04 bits per heavy atom. The van der Waals surface area contributed by atoms with E-state index in [0.29, 0.717) is 12.1 Å². The fraction of sp³-hybridized carbons (Fsp3) is 0.429. The molecule has 2 saturated heterocycles. The van der Waals surface area contributed by atoms with Crippen LogP contribution in [-0.4, -0.2) is 36.7 Å². The van der Waals surface area contributed by atoms with Gasteiger partial charge in [0, 0.05) is 24.8 Å². The van der Waals surface area contributed by atoms with Crippen LogP contribution >= 0.6 is 0 Å². The van der Waals surface area contributed by atoms with E-state index in [-0.39, 0.29) is 0 Å². The van der Waals surface area contributed by atoms with Gasteiger partial charge in [-0.15, -0.1) is 0 Å². The van der Waals surface area contributed by atoms with Crippen LogP contribution in [0, 0.1) is 0 Å². The molecule has 2 bridgehead atoms. The van der Waals surface area contributed by atoms with Gasteiger partial charge in [-0.1, -0.05) is 36.8 Å². The average Bonchev–Trinajstić information content (AvgIpc) is 3.09. The summed E-state index contributed by atoms with van der Waals surface area (Å²) in [6.07, 6.45) is 8.62. The van der Waals surface area contributed by atoms with E-state index in [1.54, 1.807) is 6.20 Å². The second-order valence-corrected chi connectivity index (χ2v) is 7.77. The monoisotopic (exact) mass is 348 g/mol. The Bertz CT molecular complexity index is 893. The molecule has 0 radical (unpaired) electrons. The van der Waals surface area contributed by atoms with Gasteiger partial charge in [0.25, 0.3) is 0 Å². The Kier molecular flexibility index (Phi) is 3.80. The standard InChI is InChI=1S/C21H24N4O/c26-21(19-14-22-20-10-5-11-23-25(19)20)12-17-8-4-9-18(13-21)24(17)15-16-6-2-1-3-7-16/h1-3,5-7,10-11,14,17-18,26H,4,8-9,12-13,15H2. The first-order chi connectivity index (χ1) is 12.7. The molecular weight excluding hydrogens is 324 g/mol. The van der Waals surface area contributed by atoms with Crippen LogP contribution in [-0.2, 0) is 12.1 Å². The van der Waals surface area contributed by atoms with Crippen LogP contribution in [0.3, 0.4) is 0 Å². The Hall–Kier alpha value is -2.24. The molecule has 1 N–H and O–H groups in total. The molecule has 0 amide bonds. The van der Waals surface area contributed by atoms with E-state index in [1.165, 1.54) is 12.0 Å². The maximum Gasteiger partial charge on any atom is 0.153 e. The maximum absolute atomic E-state index is 11.6. The van der Waals surface area contributed by atoms with E-state index in [4.69, 9.17) is 0 Å². The molecule has 2 aliphatic rings. The van der Waals surface area contributed by atoms with Gasteiger partial charge in [0.05, 0.1) is 11.9 Å². The van der Waals surface area contributed by atoms with Crippen molar-refractivity contribution < 1.29 is 5.11 Å². The average molecular weight is 348 g/mol. The molecule has 2 atom stereocenters. The van der Waals surface area contributed by atoms with E-state index in [1.807, 2.05) is 22.8 Å². The van der Waals surface area contributed by atoms with Gasteiger partial charge in [0.2, 0.25) is 0 Å². The highest BCUT2D eigenvalue weighted by atomic mass is 16.3. The van der Waals surface area contributed by atoms with Crippen LogP contribution in [0.1, 0.15) is 43.4 Å². The molecule has 5 rings (SSSR count). The van der Waals surface area contributed by atoms with Gasteiger partial charge >= 0.3 is 0 Å². The molecule has 2 aromatic heterocycles. The number of fused-ring (bicyclic) bond motifs is 3. The summed E-state index contributed by atoms with van der Waals surface area (Å²) in [4.78, 5) is 7.06. The number of piperidine rings is 2. The summed E-state index contributed by atoms with van der Waals surface area (Å²) in [6, 6.07) is 15.3. The Morgan fingerprint density at radius 2 is 1.81 bits per heavy atom. The highest BCUT2D eigenvalue weighted by molar-refractivity contribution is 5.39. The predicted octanol–water partition coefficient (Wildman–Crippen LogP) is 3.13. The van der Waals surface area contributed by atoms with Crippen molar-refractivity contribution in [1.82, 2.24) is 19.5 Å². The summed E-state index contributed by atoms with van der Waals surface area (Å²) < 4.78 is 1.81. The Labute approximate surface area is 153 Å². The molecule has 3 aromatic rings. The lowest BCUT2D eigenvalue weighted by molar-refractivity contribution is -0.103. The molecule has 134 valence electrons. The fourth-order valence-corrected chi connectivity index (χ4v) is 4.93. The summed E-state index contributed by atoms with van der Waals surface area (Å²) in [5, 5.41) is 16.0. The van der Waals surface area contributed by atoms with Crippen LogP contribution in [0.5, 0.6) is 0 Å². The van der Waals surface area contributed by atoms with E-state index in [9.17, 15) is 5.11 Å². The molecule has 5 nitrogen and oxygen atoms in total. The number of nitrogens with zero attached hydrogens (tertiary/aromatic N) is 4. The third kappa shape index (κ3) is 2.63. The molecular formula is C21H24N4O. The minimum absolute atomic E-state index is 0.405. The number of imidazole rings is 1. The minimum Gasteiger partial charge on any atom is -0.383 e. The number of aromatic nitrogens is 3. The van der Waals surface area contributed by atoms with Crippen molar-refractivity contribution >= 4 is 5.65 Å². The van der Waals surface area contributed by atoms with Gasteiger partial charge in [-0.05, 0) is 43.4 Å².